The molecule has 142 valence electrons. The Hall–Kier alpha value is -1.44. The van der Waals surface area contributed by atoms with E-state index in [0.29, 0.717) is 13.0 Å². The van der Waals surface area contributed by atoms with Gasteiger partial charge in [0.2, 0.25) is 11.8 Å². The number of hydrogen-bond donors (Lipinski definition) is 2. The lowest BCUT2D eigenvalue weighted by atomic mass is 10.1. The van der Waals surface area contributed by atoms with Gasteiger partial charge < -0.3 is 15.5 Å². The Balaban J connectivity index is 1.28. The van der Waals surface area contributed by atoms with Gasteiger partial charge in [0.05, 0.1) is 0 Å². The summed E-state index contributed by atoms with van der Waals surface area (Å²) in [5.74, 6) is 0.0279. The lowest BCUT2D eigenvalue weighted by molar-refractivity contribution is -0.146. The molecule has 1 aromatic heterocycles. The van der Waals surface area contributed by atoms with E-state index in [0.717, 1.165) is 13.1 Å². The molecule has 3 fully saturated rings. The van der Waals surface area contributed by atoms with Gasteiger partial charge in [-0.2, -0.15) is 0 Å². The number of carbonyl (C=O) groups is 2. The van der Waals surface area contributed by atoms with E-state index in [9.17, 15) is 9.59 Å². The van der Waals surface area contributed by atoms with Crippen LogP contribution >= 0.6 is 11.3 Å². The van der Waals surface area contributed by atoms with Crippen LogP contribution in [0.15, 0.2) is 12.1 Å². The first-order chi connectivity index (χ1) is 12.6. The molecule has 0 aliphatic carbocycles. The largest absolute Gasteiger partial charge is 0.343 e. The highest BCUT2D eigenvalue weighted by Gasteiger charge is 2.44. The summed E-state index contributed by atoms with van der Waals surface area (Å²) in [5.41, 5.74) is 0. The number of thiophene rings is 1. The van der Waals surface area contributed by atoms with E-state index < -0.39 is 6.04 Å². The highest BCUT2D eigenvalue weighted by atomic mass is 32.1. The van der Waals surface area contributed by atoms with Gasteiger partial charge >= 0.3 is 0 Å². The van der Waals surface area contributed by atoms with Gasteiger partial charge in [0.15, 0.2) is 0 Å². The highest BCUT2D eigenvalue weighted by molar-refractivity contribution is 7.11. The molecule has 26 heavy (non-hydrogen) atoms. The topological polar surface area (TPSA) is 64.7 Å². The van der Waals surface area contributed by atoms with Crippen LogP contribution in [0.4, 0.5) is 0 Å². The first-order valence-electron chi connectivity index (χ1n) is 9.74. The van der Waals surface area contributed by atoms with E-state index in [2.05, 4.69) is 27.7 Å². The van der Waals surface area contributed by atoms with Crippen molar-refractivity contribution in [1.29, 1.82) is 0 Å². The number of carbonyl (C=O) groups excluding carboxylic acids is 2. The molecule has 0 saturated carbocycles. The summed E-state index contributed by atoms with van der Waals surface area (Å²) in [5, 5.41) is 6.33. The third-order valence-corrected chi connectivity index (χ3v) is 6.80. The van der Waals surface area contributed by atoms with Crippen molar-refractivity contribution in [3.05, 3.63) is 21.9 Å². The van der Waals surface area contributed by atoms with E-state index in [1.807, 2.05) is 11.3 Å². The first kappa shape index (κ1) is 17.9. The molecule has 6 nitrogen and oxygen atoms in total. The summed E-state index contributed by atoms with van der Waals surface area (Å²) in [7, 11) is 0. The minimum atomic E-state index is -0.396. The summed E-state index contributed by atoms with van der Waals surface area (Å²) in [6.45, 7) is 6.70. The number of nitrogens with zero attached hydrogens (tertiary/aromatic N) is 2. The zero-order valence-electron chi connectivity index (χ0n) is 15.4. The molecule has 7 heteroatoms. The Morgan fingerprint density at radius 1 is 1.19 bits per heavy atom. The fourth-order valence-corrected chi connectivity index (χ4v) is 5.29. The maximum Gasteiger partial charge on any atom is 0.245 e. The number of amides is 2. The molecule has 0 spiro atoms. The molecule has 0 aromatic carbocycles. The van der Waals surface area contributed by atoms with E-state index in [4.69, 9.17) is 0 Å². The molecule has 4 rings (SSSR count). The molecule has 4 heterocycles. The molecule has 2 N–H and O–H groups in total. The van der Waals surface area contributed by atoms with E-state index in [-0.39, 0.29) is 23.9 Å². The van der Waals surface area contributed by atoms with Crippen molar-refractivity contribution in [1.82, 2.24) is 20.4 Å². The van der Waals surface area contributed by atoms with Crippen LogP contribution in [-0.2, 0) is 22.7 Å². The molecule has 3 aliphatic heterocycles. The highest BCUT2D eigenvalue weighted by Crippen LogP contribution is 2.24. The van der Waals surface area contributed by atoms with Gasteiger partial charge in [-0.05, 0) is 51.4 Å². The second-order valence-electron chi connectivity index (χ2n) is 7.76. The SMILES string of the molecule is C[C@H]1NC(=O)[C@@H]2C[C@H](NCc3ccc(CN4CCCCC4)s3)CN2C1=O. The van der Waals surface area contributed by atoms with Crippen molar-refractivity contribution >= 4 is 23.2 Å². The zero-order valence-corrected chi connectivity index (χ0v) is 16.2. The predicted molar refractivity (Wildman–Crippen MR) is 102 cm³/mol. The summed E-state index contributed by atoms with van der Waals surface area (Å²) in [6, 6.07) is 3.94. The van der Waals surface area contributed by atoms with Gasteiger partial charge in [-0.25, -0.2) is 0 Å². The normalized spacial score (nSPS) is 29.7. The van der Waals surface area contributed by atoms with E-state index >= 15 is 0 Å². The van der Waals surface area contributed by atoms with E-state index in [1.54, 1.807) is 11.8 Å². The lowest BCUT2D eigenvalue weighted by Crippen LogP contribution is -2.60. The number of likely N-dealkylation sites (tertiary alicyclic amines) is 1. The molecule has 3 atom stereocenters. The van der Waals surface area contributed by atoms with Crippen LogP contribution in [0.2, 0.25) is 0 Å². The van der Waals surface area contributed by atoms with Gasteiger partial charge in [-0.3, -0.25) is 14.5 Å². The van der Waals surface area contributed by atoms with Crippen molar-refractivity contribution in [3.8, 4) is 0 Å². The van der Waals surface area contributed by atoms with Gasteiger partial charge in [-0.15, -0.1) is 11.3 Å². The quantitative estimate of drug-likeness (QED) is 0.813. The summed E-state index contributed by atoms with van der Waals surface area (Å²) < 4.78 is 0. The zero-order chi connectivity index (χ0) is 18.1. The van der Waals surface area contributed by atoms with Crippen LogP contribution in [0.3, 0.4) is 0 Å². The average molecular weight is 377 g/mol. The van der Waals surface area contributed by atoms with Gasteiger partial charge in [0.25, 0.3) is 0 Å². The van der Waals surface area contributed by atoms with Crippen molar-refractivity contribution in [2.24, 2.45) is 0 Å². The van der Waals surface area contributed by atoms with Crippen molar-refractivity contribution in [2.45, 2.75) is 63.8 Å². The Morgan fingerprint density at radius 3 is 2.77 bits per heavy atom. The second-order valence-corrected chi connectivity index (χ2v) is 9.01. The lowest BCUT2D eigenvalue weighted by Gasteiger charge is -2.32. The number of nitrogens with one attached hydrogen (secondary N) is 2. The fourth-order valence-electron chi connectivity index (χ4n) is 4.28. The minimum absolute atomic E-state index is 0.0126. The van der Waals surface area contributed by atoms with Crippen LogP contribution in [0.1, 0.15) is 42.4 Å². The molecule has 2 amide bonds. The van der Waals surface area contributed by atoms with Crippen LogP contribution in [0.5, 0.6) is 0 Å². The van der Waals surface area contributed by atoms with Gasteiger partial charge in [-0.1, -0.05) is 6.42 Å². The number of rotatable bonds is 5. The predicted octanol–water partition coefficient (Wildman–Crippen LogP) is 1.31. The number of piperidine rings is 1. The molecule has 3 aliphatic rings. The number of hydrogen-bond acceptors (Lipinski definition) is 5. The smallest absolute Gasteiger partial charge is 0.245 e. The molecule has 1 aromatic rings. The maximum absolute atomic E-state index is 12.2. The molecular weight excluding hydrogens is 348 g/mol. The molecule has 0 bridgehead atoms. The average Bonchev–Trinajstić information content (AvgIpc) is 3.26. The van der Waals surface area contributed by atoms with Crippen molar-refractivity contribution in [2.75, 3.05) is 19.6 Å². The minimum Gasteiger partial charge on any atom is -0.343 e. The Kier molecular flexibility index (Phi) is 5.29. The van der Waals surface area contributed by atoms with Gasteiger partial charge in [0, 0.05) is 35.4 Å². The standard InChI is InChI=1S/C19H28N4O2S/c1-13-19(25)23-11-14(9-17(23)18(24)21-13)20-10-15-5-6-16(26-15)12-22-7-3-2-4-8-22/h5-6,13-14,17,20H,2-4,7-12H2,1H3,(H,21,24)/t13-,14+,17+/m1/s1. The third kappa shape index (κ3) is 3.80. The second kappa shape index (κ2) is 7.66. The molecule has 0 radical (unpaired) electrons. The van der Waals surface area contributed by atoms with Crippen molar-refractivity contribution in [3.63, 3.8) is 0 Å². The molecular formula is C19H28N4O2S. The summed E-state index contributed by atoms with van der Waals surface area (Å²) in [6.07, 6.45) is 4.72. The van der Waals surface area contributed by atoms with Crippen molar-refractivity contribution < 1.29 is 9.59 Å². The maximum atomic E-state index is 12.2. The van der Waals surface area contributed by atoms with Gasteiger partial charge in [0.1, 0.15) is 12.1 Å². The third-order valence-electron chi connectivity index (χ3n) is 5.73. The van der Waals surface area contributed by atoms with Crippen LogP contribution < -0.4 is 10.6 Å². The Labute approximate surface area is 158 Å². The van der Waals surface area contributed by atoms with Crippen LogP contribution in [0, 0.1) is 0 Å². The van der Waals surface area contributed by atoms with Crippen LogP contribution in [-0.4, -0.2) is 59.4 Å². The molecule has 0 unspecified atom stereocenters. The molecule has 3 saturated heterocycles. The number of piperazine rings is 1. The first-order valence-corrected chi connectivity index (χ1v) is 10.6. The Morgan fingerprint density at radius 2 is 1.96 bits per heavy atom. The monoisotopic (exact) mass is 376 g/mol. The summed E-state index contributed by atoms with van der Waals surface area (Å²) >= 11 is 1.87. The summed E-state index contributed by atoms with van der Waals surface area (Å²) in [4.78, 5) is 31.4. The van der Waals surface area contributed by atoms with E-state index in [1.165, 1.54) is 42.1 Å². The fraction of sp³-hybridized carbons (Fsp3) is 0.684. The van der Waals surface area contributed by atoms with Crippen LogP contribution in [0.25, 0.3) is 0 Å². The Bertz CT molecular complexity index is 670. The number of fused-ring (bicyclic) bond motifs is 1.